The summed E-state index contributed by atoms with van der Waals surface area (Å²) in [6.45, 7) is 10.3. The first-order valence-corrected chi connectivity index (χ1v) is 8.56. The predicted octanol–water partition coefficient (Wildman–Crippen LogP) is 2.64. The molecule has 3 N–H and O–H groups in total. The van der Waals surface area contributed by atoms with Gasteiger partial charge in [-0.15, -0.1) is 0 Å². The lowest BCUT2D eigenvalue weighted by Gasteiger charge is -2.09. The smallest absolute Gasteiger partial charge is 0.251 e. The summed E-state index contributed by atoms with van der Waals surface area (Å²) in [6, 6.07) is 8.05. The summed E-state index contributed by atoms with van der Waals surface area (Å²) in [5.74, 6) is -0.0332. The van der Waals surface area contributed by atoms with Crippen molar-refractivity contribution in [2.24, 2.45) is 0 Å². The topological polar surface area (TPSA) is 62.4 Å². The van der Waals surface area contributed by atoms with Crippen LogP contribution < -0.4 is 16.0 Å². The van der Waals surface area contributed by atoms with Crippen molar-refractivity contribution in [3.05, 3.63) is 29.8 Å². The zero-order valence-corrected chi connectivity index (χ0v) is 14.7. The lowest BCUT2D eigenvalue weighted by molar-refractivity contribution is 0.0940. The minimum atomic E-state index is -0.0332. The van der Waals surface area contributed by atoms with Crippen LogP contribution in [-0.2, 0) is 4.74 Å². The van der Waals surface area contributed by atoms with Crippen LogP contribution in [0.3, 0.4) is 0 Å². The maximum Gasteiger partial charge on any atom is 0.251 e. The molecule has 0 heterocycles. The average molecular weight is 321 g/mol. The summed E-state index contributed by atoms with van der Waals surface area (Å²) < 4.78 is 5.55. The molecule has 5 nitrogen and oxygen atoms in total. The molecule has 0 radical (unpaired) electrons. The molecule has 0 aromatic heterocycles. The van der Waals surface area contributed by atoms with Gasteiger partial charge in [0.25, 0.3) is 5.91 Å². The van der Waals surface area contributed by atoms with Crippen molar-refractivity contribution in [3.63, 3.8) is 0 Å². The lowest BCUT2D eigenvalue weighted by Crippen LogP contribution is -2.26. The summed E-state index contributed by atoms with van der Waals surface area (Å²) in [6.07, 6.45) is 1.85. The molecule has 0 aliphatic heterocycles. The Kier molecular flexibility index (Phi) is 10.1. The van der Waals surface area contributed by atoms with E-state index in [0.29, 0.717) is 24.8 Å². The van der Waals surface area contributed by atoms with Crippen molar-refractivity contribution < 1.29 is 9.53 Å². The molecule has 0 saturated carbocycles. The maximum absolute atomic E-state index is 12.0. The van der Waals surface area contributed by atoms with E-state index in [1.807, 2.05) is 31.2 Å². The Morgan fingerprint density at radius 3 is 2.35 bits per heavy atom. The highest BCUT2D eigenvalue weighted by Crippen LogP contribution is 2.08. The molecule has 1 aromatic rings. The number of hydrogen-bond donors (Lipinski definition) is 3. The Morgan fingerprint density at radius 2 is 1.74 bits per heavy atom. The summed E-state index contributed by atoms with van der Waals surface area (Å²) in [5.41, 5.74) is 1.72. The second kappa shape index (κ2) is 11.9. The van der Waals surface area contributed by atoms with E-state index in [1.165, 1.54) is 0 Å². The molecule has 1 amide bonds. The van der Waals surface area contributed by atoms with E-state index in [4.69, 9.17) is 4.74 Å². The number of nitrogens with one attached hydrogen (secondary N) is 3. The zero-order chi connectivity index (χ0) is 16.9. The van der Waals surface area contributed by atoms with E-state index in [9.17, 15) is 4.79 Å². The van der Waals surface area contributed by atoms with Crippen LogP contribution in [0, 0.1) is 0 Å². The molecule has 0 saturated heterocycles. The van der Waals surface area contributed by atoms with Gasteiger partial charge in [-0.05, 0) is 50.6 Å². The van der Waals surface area contributed by atoms with Gasteiger partial charge in [-0.1, -0.05) is 13.8 Å². The van der Waals surface area contributed by atoms with Crippen molar-refractivity contribution in [1.82, 2.24) is 10.6 Å². The Morgan fingerprint density at radius 1 is 1.09 bits per heavy atom. The maximum atomic E-state index is 12.0. The van der Waals surface area contributed by atoms with E-state index >= 15 is 0 Å². The minimum Gasteiger partial charge on any atom is -0.385 e. The third-order valence-electron chi connectivity index (χ3n) is 3.30. The van der Waals surface area contributed by atoms with Crippen molar-refractivity contribution >= 4 is 11.6 Å². The molecule has 130 valence electrons. The molecule has 0 unspecified atom stereocenters. The number of carbonyl (C=O) groups excluding carboxylic acids is 1. The second-order valence-electron chi connectivity index (χ2n) is 5.79. The molecular formula is C18H31N3O2. The number of amides is 1. The highest BCUT2D eigenvalue weighted by molar-refractivity contribution is 5.94. The monoisotopic (exact) mass is 321 g/mol. The Bertz CT molecular complexity index is 432. The van der Waals surface area contributed by atoms with Crippen LogP contribution in [0.1, 0.15) is 44.0 Å². The van der Waals surface area contributed by atoms with E-state index in [1.54, 1.807) is 0 Å². The van der Waals surface area contributed by atoms with Crippen LogP contribution in [0.25, 0.3) is 0 Å². The zero-order valence-electron chi connectivity index (χ0n) is 14.7. The number of ether oxygens (including phenoxy) is 1. The van der Waals surface area contributed by atoms with Crippen molar-refractivity contribution in [2.75, 3.05) is 38.2 Å². The van der Waals surface area contributed by atoms with E-state index in [-0.39, 0.29) is 5.91 Å². The summed E-state index contributed by atoms with van der Waals surface area (Å²) in [7, 11) is 0. The van der Waals surface area contributed by atoms with Gasteiger partial charge in [-0.2, -0.15) is 0 Å². The molecular weight excluding hydrogens is 290 g/mol. The molecule has 0 aliphatic rings. The first-order valence-electron chi connectivity index (χ1n) is 8.56. The van der Waals surface area contributed by atoms with Crippen LogP contribution in [0.2, 0.25) is 0 Å². The number of anilines is 1. The number of hydrogen-bond acceptors (Lipinski definition) is 4. The van der Waals surface area contributed by atoms with Crippen molar-refractivity contribution in [2.45, 2.75) is 39.7 Å². The molecule has 23 heavy (non-hydrogen) atoms. The standard InChI is InChI=1S/C18H31N3O2/c1-4-19-17-9-7-16(8-10-17)18(22)21-12-6-14-23-13-5-11-20-15(2)3/h7-10,15,19-20H,4-6,11-14H2,1-3H3,(H,21,22). The first-order chi connectivity index (χ1) is 11.1. The molecule has 0 atom stereocenters. The van der Waals surface area contributed by atoms with Crippen LogP contribution in [0.4, 0.5) is 5.69 Å². The molecule has 1 rings (SSSR count). The van der Waals surface area contributed by atoms with Gasteiger partial charge in [0.05, 0.1) is 0 Å². The van der Waals surface area contributed by atoms with Gasteiger partial charge in [-0.25, -0.2) is 0 Å². The van der Waals surface area contributed by atoms with Gasteiger partial charge in [0.1, 0.15) is 0 Å². The number of rotatable bonds is 12. The molecule has 0 fully saturated rings. The molecule has 0 spiro atoms. The lowest BCUT2D eigenvalue weighted by atomic mass is 10.2. The van der Waals surface area contributed by atoms with Gasteiger partial charge in [0, 0.05) is 43.6 Å². The normalized spacial score (nSPS) is 10.8. The number of carbonyl (C=O) groups is 1. The van der Waals surface area contributed by atoms with Crippen LogP contribution in [0.5, 0.6) is 0 Å². The van der Waals surface area contributed by atoms with Crippen LogP contribution in [0.15, 0.2) is 24.3 Å². The fraction of sp³-hybridized carbons (Fsp3) is 0.611. The van der Waals surface area contributed by atoms with Gasteiger partial charge < -0.3 is 20.7 Å². The highest BCUT2D eigenvalue weighted by atomic mass is 16.5. The fourth-order valence-corrected chi connectivity index (χ4v) is 2.09. The Hall–Kier alpha value is -1.59. The predicted molar refractivity (Wildman–Crippen MR) is 96.1 cm³/mol. The number of benzene rings is 1. The van der Waals surface area contributed by atoms with Crippen molar-refractivity contribution in [3.8, 4) is 0 Å². The quantitative estimate of drug-likeness (QED) is 0.518. The SMILES string of the molecule is CCNc1ccc(C(=O)NCCCOCCCNC(C)C)cc1. The molecule has 5 heteroatoms. The molecule has 1 aromatic carbocycles. The largest absolute Gasteiger partial charge is 0.385 e. The Labute approximate surface area is 140 Å². The third-order valence-corrected chi connectivity index (χ3v) is 3.30. The summed E-state index contributed by atoms with van der Waals surface area (Å²) in [5, 5.41) is 9.47. The van der Waals surface area contributed by atoms with Crippen LogP contribution in [-0.4, -0.2) is 44.8 Å². The van der Waals surface area contributed by atoms with Gasteiger partial charge in [-0.3, -0.25) is 4.79 Å². The second-order valence-corrected chi connectivity index (χ2v) is 5.79. The first kappa shape index (κ1) is 19.5. The average Bonchev–Trinajstić information content (AvgIpc) is 2.54. The fourth-order valence-electron chi connectivity index (χ4n) is 2.09. The minimum absolute atomic E-state index is 0.0332. The summed E-state index contributed by atoms with van der Waals surface area (Å²) in [4.78, 5) is 12.0. The van der Waals surface area contributed by atoms with E-state index in [0.717, 1.165) is 38.2 Å². The highest BCUT2D eigenvalue weighted by Gasteiger charge is 2.04. The van der Waals surface area contributed by atoms with Gasteiger partial charge >= 0.3 is 0 Å². The summed E-state index contributed by atoms with van der Waals surface area (Å²) >= 11 is 0. The molecule has 0 bridgehead atoms. The van der Waals surface area contributed by atoms with Gasteiger partial charge in [0.2, 0.25) is 0 Å². The van der Waals surface area contributed by atoms with E-state index < -0.39 is 0 Å². The van der Waals surface area contributed by atoms with Crippen molar-refractivity contribution in [1.29, 1.82) is 0 Å². The van der Waals surface area contributed by atoms with E-state index in [2.05, 4.69) is 29.8 Å². The van der Waals surface area contributed by atoms with Crippen LogP contribution >= 0.6 is 0 Å². The Balaban J connectivity index is 2.05. The van der Waals surface area contributed by atoms with Gasteiger partial charge in [0.15, 0.2) is 0 Å². The third kappa shape index (κ3) is 9.21. The molecule has 0 aliphatic carbocycles.